The molecular weight excluding hydrogens is 209 g/mol. The van der Waals surface area contributed by atoms with Crippen LogP contribution in [0.4, 0.5) is 13.2 Å². The monoisotopic (exact) mass is 222 g/mol. The van der Waals surface area contributed by atoms with Crippen LogP contribution in [0.25, 0.3) is 0 Å². The van der Waals surface area contributed by atoms with Crippen LogP contribution in [0.15, 0.2) is 23.8 Å². The standard InChI is InChI=1S/C10H13F3S/c1-2-14-7-8-3-5-9(6-4-8)10(11,12)13/h3-5,9H,2,6-7H2,1H3. The lowest BCUT2D eigenvalue weighted by atomic mass is 9.97. The zero-order valence-corrected chi connectivity index (χ0v) is 8.79. The Morgan fingerprint density at radius 1 is 1.50 bits per heavy atom. The second-order valence-electron chi connectivity index (χ2n) is 3.16. The molecule has 1 atom stereocenters. The molecule has 0 N–H and O–H groups in total. The van der Waals surface area contributed by atoms with Gasteiger partial charge in [0.1, 0.15) is 0 Å². The van der Waals surface area contributed by atoms with Gasteiger partial charge in [0, 0.05) is 5.75 Å². The van der Waals surface area contributed by atoms with Crippen LogP contribution in [0.5, 0.6) is 0 Å². The van der Waals surface area contributed by atoms with Gasteiger partial charge in [0.25, 0.3) is 0 Å². The predicted octanol–water partition coefficient (Wildman–Crippen LogP) is 3.80. The van der Waals surface area contributed by atoms with E-state index < -0.39 is 12.1 Å². The molecule has 0 fully saturated rings. The molecular formula is C10H13F3S. The minimum Gasteiger partial charge on any atom is -0.170 e. The van der Waals surface area contributed by atoms with Crippen LogP contribution in [0, 0.1) is 5.92 Å². The lowest BCUT2D eigenvalue weighted by molar-refractivity contribution is -0.160. The minimum atomic E-state index is -4.09. The van der Waals surface area contributed by atoms with Gasteiger partial charge in [-0.15, -0.1) is 0 Å². The summed E-state index contributed by atoms with van der Waals surface area (Å²) in [5.74, 6) is 0.531. The van der Waals surface area contributed by atoms with Crippen LogP contribution in [0.3, 0.4) is 0 Å². The number of hydrogen-bond donors (Lipinski definition) is 0. The number of allylic oxidation sites excluding steroid dienone is 3. The lowest BCUT2D eigenvalue weighted by Crippen LogP contribution is -2.21. The van der Waals surface area contributed by atoms with Gasteiger partial charge in [-0.3, -0.25) is 0 Å². The van der Waals surface area contributed by atoms with Crippen molar-refractivity contribution in [2.45, 2.75) is 19.5 Å². The van der Waals surface area contributed by atoms with Crippen LogP contribution in [0.2, 0.25) is 0 Å². The average Bonchev–Trinajstić information content (AvgIpc) is 2.14. The first-order valence-corrected chi connectivity index (χ1v) is 5.71. The van der Waals surface area contributed by atoms with Crippen molar-refractivity contribution in [2.75, 3.05) is 11.5 Å². The Balaban J connectivity index is 2.45. The fourth-order valence-electron chi connectivity index (χ4n) is 1.23. The van der Waals surface area contributed by atoms with E-state index in [4.69, 9.17) is 0 Å². The molecule has 1 rings (SSSR count). The summed E-state index contributed by atoms with van der Waals surface area (Å²) >= 11 is 1.72. The smallest absolute Gasteiger partial charge is 0.170 e. The summed E-state index contributed by atoms with van der Waals surface area (Å²) in [5, 5.41) is 0. The van der Waals surface area contributed by atoms with E-state index in [0.717, 1.165) is 17.1 Å². The van der Waals surface area contributed by atoms with Gasteiger partial charge in [0.2, 0.25) is 0 Å². The molecule has 0 amide bonds. The Bertz CT molecular complexity index is 240. The van der Waals surface area contributed by atoms with Crippen molar-refractivity contribution in [3.05, 3.63) is 23.8 Å². The maximum atomic E-state index is 12.2. The SMILES string of the molecule is CCSCC1=CCC(C(F)(F)F)C=C1. The second-order valence-corrected chi connectivity index (χ2v) is 4.43. The molecule has 0 aromatic rings. The van der Waals surface area contributed by atoms with Crippen LogP contribution in [-0.4, -0.2) is 17.7 Å². The van der Waals surface area contributed by atoms with Crippen molar-refractivity contribution >= 4 is 11.8 Å². The van der Waals surface area contributed by atoms with Gasteiger partial charge < -0.3 is 0 Å². The van der Waals surface area contributed by atoms with Gasteiger partial charge in [0.15, 0.2) is 0 Å². The van der Waals surface area contributed by atoms with E-state index in [1.165, 1.54) is 6.08 Å². The fourth-order valence-corrected chi connectivity index (χ4v) is 1.89. The molecule has 0 nitrogen and oxygen atoms in total. The van der Waals surface area contributed by atoms with Crippen molar-refractivity contribution < 1.29 is 13.2 Å². The van der Waals surface area contributed by atoms with Crippen LogP contribution < -0.4 is 0 Å². The fraction of sp³-hybridized carbons (Fsp3) is 0.600. The van der Waals surface area contributed by atoms with E-state index in [9.17, 15) is 13.2 Å². The highest BCUT2D eigenvalue weighted by Gasteiger charge is 2.37. The van der Waals surface area contributed by atoms with E-state index in [1.807, 2.05) is 6.92 Å². The Labute approximate surface area is 86.3 Å². The first-order chi connectivity index (χ1) is 6.54. The Morgan fingerprint density at radius 3 is 2.64 bits per heavy atom. The third-order valence-corrected chi connectivity index (χ3v) is 3.02. The molecule has 0 heterocycles. The van der Waals surface area contributed by atoms with Gasteiger partial charge in [-0.2, -0.15) is 24.9 Å². The summed E-state index contributed by atoms with van der Waals surface area (Å²) < 4.78 is 36.7. The van der Waals surface area contributed by atoms with Crippen molar-refractivity contribution in [1.29, 1.82) is 0 Å². The van der Waals surface area contributed by atoms with E-state index in [-0.39, 0.29) is 6.42 Å². The molecule has 0 saturated carbocycles. The molecule has 80 valence electrons. The summed E-state index contributed by atoms with van der Waals surface area (Å²) in [4.78, 5) is 0. The molecule has 1 aliphatic carbocycles. The number of thioether (sulfide) groups is 1. The topological polar surface area (TPSA) is 0 Å². The minimum absolute atomic E-state index is 0.0968. The largest absolute Gasteiger partial charge is 0.395 e. The quantitative estimate of drug-likeness (QED) is 0.699. The molecule has 0 aromatic heterocycles. The average molecular weight is 222 g/mol. The maximum Gasteiger partial charge on any atom is 0.395 e. The Kier molecular flexibility index (Phi) is 4.11. The molecule has 0 spiro atoms. The number of hydrogen-bond acceptors (Lipinski definition) is 1. The van der Waals surface area contributed by atoms with Gasteiger partial charge in [0.05, 0.1) is 5.92 Å². The Morgan fingerprint density at radius 2 is 2.21 bits per heavy atom. The van der Waals surface area contributed by atoms with E-state index in [1.54, 1.807) is 23.9 Å². The zero-order chi connectivity index (χ0) is 10.6. The van der Waals surface area contributed by atoms with Gasteiger partial charge in [-0.25, -0.2) is 0 Å². The summed E-state index contributed by atoms with van der Waals surface area (Å²) in [6.45, 7) is 2.04. The van der Waals surface area contributed by atoms with E-state index in [2.05, 4.69) is 0 Å². The third-order valence-electron chi connectivity index (χ3n) is 2.07. The summed E-state index contributed by atoms with van der Waals surface area (Å²) in [6, 6.07) is 0. The summed E-state index contributed by atoms with van der Waals surface area (Å²) in [7, 11) is 0. The molecule has 0 bridgehead atoms. The maximum absolute atomic E-state index is 12.2. The third kappa shape index (κ3) is 3.40. The molecule has 1 aliphatic rings. The van der Waals surface area contributed by atoms with Crippen LogP contribution in [0.1, 0.15) is 13.3 Å². The molecule has 1 unspecified atom stereocenters. The highest BCUT2D eigenvalue weighted by atomic mass is 32.2. The van der Waals surface area contributed by atoms with Gasteiger partial charge in [-0.1, -0.05) is 25.2 Å². The first-order valence-electron chi connectivity index (χ1n) is 4.55. The predicted molar refractivity (Wildman–Crippen MR) is 54.4 cm³/mol. The highest BCUT2D eigenvalue weighted by molar-refractivity contribution is 7.99. The number of alkyl halides is 3. The van der Waals surface area contributed by atoms with Gasteiger partial charge in [-0.05, 0) is 17.7 Å². The molecule has 0 aliphatic heterocycles. The number of rotatable bonds is 3. The molecule has 0 aromatic carbocycles. The molecule has 0 radical (unpaired) electrons. The van der Waals surface area contributed by atoms with Crippen LogP contribution >= 0.6 is 11.8 Å². The lowest BCUT2D eigenvalue weighted by Gasteiger charge is -2.18. The van der Waals surface area contributed by atoms with Crippen molar-refractivity contribution in [3.63, 3.8) is 0 Å². The summed E-state index contributed by atoms with van der Waals surface area (Å²) in [6.07, 6.45) is 0.576. The van der Waals surface area contributed by atoms with E-state index >= 15 is 0 Å². The number of halogens is 3. The highest BCUT2D eigenvalue weighted by Crippen LogP contribution is 2.33. The Hall–Kier alpha value is -0.380. The normalized spacial score (nSPS) is 22.3. The van der Waals surface area contributed by atoms with Crippen LogP contribution in [-0.2, 0) is 0 Å². The molecule has 4 heteroatoms. The molecule has 14 heavy (non-hydrogen) atoms. The van der Waals surface area contributed by atoms with E-state index in [0.29, 0.717) is 0 Å². The molecule has 0 saturated heterocycles. The van der Waals surface area contributed by atoms with Crippen molar-refractivity contribution in [3.8, 4) is 0 Å². The zero-order valence-electron chi connectivity index (χ0n) is 7.97. The second kappa shape index (κ2) is 4.91. The summed E-state index contributed by atoms with van der Waals surface area (Å²) in [5.41, 5.74) is 1.01. The first kappa shape index (κ1) is 11.7. The van der Waals surface area contributed by atoms with Gasteiger partial charge >= 0.3 is 6.18 Å². The van der Waals surface area contributed by atoms with Crippen molar-refractivity contribution in [2.24, 2.45) is 5.92 Å². The van der Waals surface area contributed by atoms with Crippen molar-refractivity contribution in [1.82, 2.24) is 0 Å².